The number of alkyl carbamates (subject to hydrolysis) is 1. The van der Waals surface area contributed by atoms with Crippen LogP contribution in [0.4, 0.5) is 4.79 Å². The summed E-state index contributed by atoms with van der Waals surface area (Å²) in [6, 6.07) is 0. The molecule has 5 saturated heterocycles. The minimum absolute atomic E-state index is 0.0653. The van der Waals surface area contributed by atoms with Gasteiger partial charge in [-0.05, 0) is 108 Å². The van der Waals surface area contributed by atoms with E-state index in [4.69, 9.17) is 37.3 Å². The van der Waals surface area contributed by atoms with Crippen LogP contribution in [0.5, 0.6) is 0 Å². The van der Waals surface area contributed by atoms with Crippen LogP contribution < -0.4 is 5.32 Å². The Morgan fingerprint density at radius 1 is 0.902 bits per heavy atom. The lowest BCUT2D eigenvalue weighted by atomic mass is 9.81. The van der Waals surface area contributed by atoms with Crippen molar-refractivity contribution in [2.75, 3.05) is 13.7 Å². The molecule has 0 aliphatic carbocycles. The van der Waals surface area contributed by atoms with E-state index < -0.39 is 84.8 Å². The maximum absolute atomic E-state index is 14.1. The normalized spacial score (nSPS) is 41.7. The Morgan fingerprint density at radius 3 is 2.34 bits per heavy atom. The van der Waals surface area contributed by atoms with Crippen molar-refractivity contribution >= 4 is 30.6 Å². The highest BCUT2D eigenvalue weighted by molar-refractivity contribution is 7.75. The third kappa shape index (κ3) is 12.5. The van der Waals surface area contributed by atoms with Crippen LogP contribution in [-0.2, 0) is 46.9 Å². The number of thiol groups is 1. The molecule has 0 aromatic rings. The first kappa shape index (κ1) is 48.2. The van der Waals surface area contributed by atoms with Crippen molar-refractivity contribution in [3.8, 4) is 0 Å². The van der Waals surface area contributed by atoms with Gasteiger partial charge in [0.2, 0.25) is 0 Å². The first-order valence-corrected chi connectivity index (χ1v) is 22.5. The molecule has 0 aromatic heterocycles. The molecule has 8 bridgehead atoms. The molecule has 0 saturated carbocycles. The van der Waals surface area contributed by atoms with E-state index in [9.17, 15) is 29.7 Å². The Morgan fingerprint density at radius 2 is 1.62 bits per heavy atom. The first-order chi connectivity index (χ1) is 28.9. The lowest BCUT2D eigenvalue weighted by Crippen LogP contribution is -2.63. The summed E-state index contributed by atoms with van der Waals surface area (Å²) in [5.41, 5.74) is 1.24. The molecule has 1 unspecified atom stereocenters. The van der Waals surface area contributed by atoms with Gasteiger partial charge in [-0.1, -0.05) is 20.1 Å². The average molecular weight is 880 g/mol. The third-order valence-electron chi connectivity index (χ3n) is 13.2. The van der Waals surface area contributed by atoms with Crippen LogP contribution in [0.2, 0.25) is 0 Å². The Balaban J connectivity index is 1.22. The molecular weight excluding hydrogens is 811 g/mol. The van der Waals surface area contributed by atoms with Gasteiger partial charge in [0.1, 0.15) is 41.9 Å². The first-order valence-electron chi connectivity index (χ1n) is 22.1. The monoisotopic (exact) mass is 879 g/mol. The van der Waals surface area contributed by atoms with Crippen molar-refractivity contribution in [3.05, 3.63) is 36.5 Å². The zero-order chi connectivity index (χ0) is 44.2. The van der Waals surface area contributed by atoms with Crippen LogP contribution in [0.25, 0.3) is 0 Å². The molecule has 61 heavy (non-hydrogen) atoms. The highest BCUT2D eigenvalue weighted by atomic mass is 32.1. The number of amides is 1. The number of rotatable bonds is 6. The van der Waals surface area contributed by atoms with Gasteiger partial charge in [-0.2, -0.15) is 0 Å². The number of nitrogens with one attached hydrogen (secondary N) is 1. The van der Waals surface area contributed by atoms with Gasteiger partial charge in [-0.15, -0.1) is 0 Å². The molecule has 1 amide bonds. The zero-order valence-electron chi connectivity index (χ0n) is 36.4. The van der Waals surface area contributed by atoms with Crippen LogP contribution in [0.15, 0.2) is 36.5 Å². The van der Waals surface area contributed by atoms with E-state index in [2.05, 4.69) is 38.3 Å². The molecule has 344 valence electrons. The highest BCUT2D eigenvalue weighted by Crippen LogP contribution is 2.42. The number of allylic oxidation sites excluding steroid dienone is 1. The summed E-state index contributed by atoms with van der Waals surface area (Å²) in [4.78, 5) is 39.4. The largest absolute Gasteiger partial charge is 0.444 e. The van der Waals surface area contributed by atoms with Gasteiger partial charge >= 0.3 is 6.09 Å². The van der Waals surface area contributed by atoms with Crippen molar-refractivity contribution in [2.45, 2.75) is 202 Å². The molecule has 0 spiro atoms. The molecule has 16 heteroatoms. The third-order valence-corrected chi connectivity index (χ3v) is 13.4. The second kappa shape index (κ2) is 21.2. The summed E-state index contributed by atoms with van der Waals surface area (Å²) in [5, 5.41) is 36.1. The lowest BCUT2D eigenvalue weighted by Gasteiger charge is -2.48. The summed E-state index contributed by atoms with van der Waals surface area (Å²) in [7, 11) is 1.57. The summed E-state index contributed by atoms with van der Waals surface area (Å²) >= 11 is 4.05. The van der Waals surface area contributed by atoms with Crippen LogP contribution in [-0.4, -0.2) is 144 Å². The molecule has 0 aromatic carbocycles. The SMILES string of the molecule is C=C1C[C@@H]2CCC(=O)/C=C/[C@H](O)[C@@H]3OC4CC[C@H](CC(=O)C[C@@H]5[C@@H](OC)[C@@H](C[C@H](O)CNC(=O)OC(C)(C)C)O[C@H]5C[C@H]5O[C@@H](CC[C@@H]1O2)C[C@@H](C)C5=C)O[C@@H]4[C@H](OS)[C@@H]3O. The highest BCUT2D eigenvalue weighted by Gasteiger charge is 2.52. The van der Waals surface area contributed by atoms with E-state index in [0.29, 0.717) is 38.5 Å². The fourth-order valence-electron chi connectivity index (χ4n) is 10.0. The maximum Gasteiger partial charge on any atom is 0.407 e. The Bertz CT molecular complexity index is 1590. The van der Waals surface area contributed by atoms with Crippen molar-refractivity contribution in [1.29, 1.82) is 0 Å². The number of fused-ring (bicyclic) bond motifs is 2. The number of hydrogen-bond donors (Lipinski definition) is 5. The fourth-order valence-corrected chi connectivity index (χ4v) is 10.3. The number of Topliss-reactive ketones (excluding diaryl/α,β-unsaturated/α-hetero) is 1. The van der Waals surface area contributed by atoms with Crippen molar-refractivity contribution < 1.29 is 67.0 Å². The molecule has 8 aliphatic rings. The summed E-state index contributed by atoms with van der Waals surface area (Å²) in [6.07, 6.45) is -2.69. The van der Waals surface area contributed by atoms with Gasteiger partial charge in [0.05, 0.1) is 61.0 Å². The zero-order valence-corrected chi connectivity index (χ0v) is 37.3. The quantitative estimate of drug-likeness (QED) is 0.143. The lowest BCUT2D eigenvalue weighted by molar-refractivity contribution is -0.266. The van der Waals surface area contributed by atoms with Crippen LogP contribution in [0, 0.1) is 11.8 Å². The molecule has 8 aliphatic heterocycles. The molecule has 15 nitrogen and oxygen atoms in total. The molecular formula is C45H69NO14S. The van der Waals surface area contributed by atoms with Gasteiger partial charge < -0.3 is 58.0 Å². The summed E-state index contributed by atoms with van der Waals surface area (Å²) in [6.45, 7) is 16.1. The van der Waals surface area contributed by atoms with E-state index in [-0.39, 0.29) is 74.1 Å². The van der Waals surface area contributed by atoms with E-state index >= 15 is 0 Å². The Hall–Kier alpha value is -2.22. The van der Waals surface area contributed by atoms with Crippen molar-refractivity contribution in [1.82, 2.24) is 5.32 Å². The fraction of sp³-hybridized carbons (Fsp3) is 0.800. The molecule has 0 radical (unpaired) electrons. The van der Waals surface area contributed by atoms with Gasteiger partial charge in [-0.25, -0.2) is 4.79 Å². The Kier molecular flexibility index (Phi) is 16.8. The minimum Gasteiger partial charge on any atom is -0.444 e. The number of ketones is 2. The number of methoxy groups -OCH3 is 1. The number of ether oxygens (including phenoxy) is 7. The number of aliphatic hydroxyl groups excluding tert-OH is 3. The van der Waals surface area contributed by atoms with Gasteiger partial charge in [-0.3, -0.25) is 9.59 Å². The Labute approximate surface area is 365 Å². The van der Waals surface area contributed by atoms with E-state index in [1.165, 1.54) is 12.2 Å². The van der Waals surface area contributed by atoms with Gasteiger partial charge in [0.25, 0.3) is 0 Å². The average Bonchev–Trinajstić information content (AvgIpc) is 3.71. The summed E-state index contributed by atoms with van der Waals surface area (Å²) < 4.78 is 49.3. The molecule has 8 heterocycles. The number of aliphatic hydroxyl groups is 3. The molecule has 8 rings (SSSR count). The predicted molar refractivity (Wildman–Crippen MR) is 226 cm³/mol. The van der Waals surface area contributed by atoms with Crippen molar-refractivity contribution in [2.24, 2.45) is 11.8 Å². The van der Waals surface area contributed by atoms with Crippen LogP contribution in [0.1, 0.15) is 105 Å². The molecule has 17 atom stereocenters. The molecule has 5 fully saturated rings. The number of carbonyl (C=O) groups excluding carboxylic acids is 3. The second-order valence-electron chi connectivity index (χ2n) is 19.0. The summed E-state index contributed by atoms with van der Waals surface area (Å²) in [5.74, 6) is -0.500. The van der Waals surface area contributed by atoms with Crippen LogP contribution in [0.3, 0.4) is 0 Å². The van der Waals surface area contributed by atoms with E-state index in [0.717, 1.165) is 24.0 Å². The van der Waals surface area contributed by atoms with Crippen LogP contribution >= 0.6 is 12.9 Å². The van der Waals surface area contributed by atoms with E-state index in [1.54, 1.807) is 27.9 Å². The maximum atomic E-state index is 14.1. The standard InChI is InChI=1S/C45H69NO14S/c1-23-16-30-11-14-34-24(2)17-29(54-34)10-8-26(47)9-13-33(50)41-39(51)43(60-61)42-35(58-41)15-12-31(56-42)18-27(48)19-32-37(21-36(55-30)25(23)3)57-38(40(32)53-7)20-28(49)22-46-44(52)59-45(4,5)6/h9,13,23,28-43,49-51,61H,2-3,8,10-12,14-22H2,1,4-7H3,(H,46,52)/b13-9+/t23-,28+,29+,30+,31-,32+,33+,34+,35?,36-,37+,38-,39-,40-,41+,42+,43-/m1/s1. The smallest absolute Gasteiger partial charge is 0.407 e. The van der Waals surface area contributed by atoms with Gasteiger partial charge in [0, 0.05) is 51.7 Å². The number of carbonyl (C=O) groups is 3. The van der Waals surface area contributed by atoms with Gasteiger partial charge in [0.15, 0.2) is 5.78 Å². The topological polar surface area (TPSA) is 198 Å². The van der Waals surface area contributed by atoms with E-state index in [1.807, 2.05) is 0 Å². The second-order valence-corrected chi connectivity index (χ2v) is 19.2. The minimum atomic E-state index is -1.35. The number of hydrogen-bond acceptors (Lipinski definition) is 15. The predicted octanol–water partition coefficient (Wildman–Crippen LogP) is 4.43. The molecule has 4 N–H and O–H groups in total. The van der Waals surface area contributed by atoms with Crippen molar-refractivity contribution in [3.63, 3.8) is 0 Å².